The van der Waals surface area contributed by atoms with Crippen LogP contribution in [0.2, 0.25) is 62.5 Å². The molecule has 5 aliphatic rings. The fourth-order valence-corrected chi connectivity index (χ4v) is 42.0. The standard InChI is InChI=1S/C37H78O11Si6/c1-11-38-53(39-12-2,40-13-3)27-25-51(9)45-49(7,23-21-32-17-19-34-31-35(34)29-32)46-52(10,26-28-54(41-14-4,42-15-5)43-16-6)48-50(8,47-51)24-22-33-18-20-36-37(30-33)44-36/h32-37H,11-31H2,1-10H3. The van der Waals surface area contributed by atoms with Gasteiger partial charge in [-0.3, -0.25) is 0 Å². The Hall–Kier alpha value is 0.861. The minimum Gasteiger partial charge on any atom is -0.416 e. The molecule has 0 bridgehead atoms. The van der Waals surface area contributed by atoms with E-state index in [9.17, 15) is 0 Å². The number of ether oxygens (including phenoxy) is 1. The molecule has 3 aliphatic carbocycles. The van der Waals surface area contributed by atoms with Crippen LogP contribution in [0.1, 0.15) is 99.3 Å². The fourth-order valence-electron chi connectivity index (χ4n) is 9.97. The van der Waals surface area contributed by atoms with E-state index in [-0.39, 0.29) is 0 Å². The maximum Gasteiger partial charge on any atom is 0.500 e. The Morgan fingerprint density at radius 2 is 0.833 bits per heavy atom. The molecular weight excluding hydrogens is 789 g/mol. The summed E-state index contributed by atoms with van der Waals surface area (Å²) in [5.41, 5.74) is 0. The summed E-state index contributed by atoms with van der Waals surface area (Å²) in [7, 11) is -17.5. The van der Waals surface area contributed by atoms with Gasteiger partial charge in [-0.2, -0.15) is 0 Å². The zero-order valence-electron chi connectivity index (χ0n) is 35.8. The molecule has 0 aromatic heterocycles. The molecule has 0 N–H and O–H groups in total. The van der Waals surface area contributed by atoms with Crippen molar-refractivity contribution in [1.29, 1.82) is 0 Å². The highest BCUT2D eigenvalue weighted by Crippen LogP contribution is 2.53. The molecule has 0 aromatic carbocycles. The van der Waals surface area contributed by atoms with Crippen molar-refractivity contribution in [3.8, 4) is 0 Å². The van der Waals surface area contributed by atoms with Crippen molar-refractivity contribution in [2.45, 2.75) is 174 Å². The number of epoxide rings is 1. The molecule has 54 heavy (non-hydrogen) atoms. The van der Waals surface area contributed by atoms with Crippen molar-refractivity contribution in [2.24, 2.45) is 23.7 Å². The zero-order valence-corrected chi connectivity index (χ0v) is 41.8. The number of hydrogen-bond donors (Lipinski definition) is 0. The van der Waals surface area contributed by atoms with Crippen molar-refractivity contribution in [3.63, 3.8) is 0 Å². The highest BCUT2D eigenvalue weighted by Gasteiger charge is 2.59. The van der Waals surface area contributed by atoms with Gasteiger partial charge in [0.05, 0.1) is 12.2 Å². The van der Waals surface area contributed by atoms with Gasteiger partial charge in [-0.15, -0.1) is 0 Å². The van der Waals surface area contributed by atoms with Gasteiger partial charge in [0.2, 0.25) is 0 Å². The summed E-state index contributed by atoms with van der Waals surface area (Å²) >= 11 is 0. The predicted octanol–water partition coefficient (Wildman–Crippen LogP) is 9.24. The van der Waals surface area contributed by atoms with Gasteiger partial charge in [0.15, 0.2) is 0 Å². The first-order valence-electron chi connectivity index (χ1n) is 22.0. The third-order valence-corrected chi connectivity index (χ3v) is 38.1. The number of rotatable bonds is 24. The van der Waals surface area contributed by atoms with E-state index in [0.29, 0.717) is 69.9 Å². The monoisotopic (exact) mass is 866 g/mol. The molecule has 0 spiro atoms. The fraction of sp³-hybridized carbons (Fsp3) is 1.00. The van der Waals surface area contributed by atoms with Gasteiger partial charge in [0, 0.05) is 51.7 Å². The SMILES string of the molecule is CCO[Si](CC[Si]1(C)O[Si](C)(CCC2CCC3CC3C2)O[Si](C)(CC[Si](OCC)(OCC)OCC)O[Si](C)(CCC2CCC3OC3C2)O1)(OCC)OCC. The molecule has 0 aromatic rings. The highest BCUT2D eigenvalue weighted by atomic mass is 28.5. The Morgan fingerprint density at radius 1 is 0.444 bits per heavy atom. The lowest BCUT2D eigenvalue weighted by molar-refractivity contribution is 0.0714. The summed E-state index contributed by atoms with van der Waals surface area (Å²) < 4.78 is 74.9. The van der Waals surface area contributed by atoms with Crippen LogP contribution in [0, 0.1) is 23.7 Å². The summed E-state index contributed by atoms with van der Waals surface area (Å²) in [6.45, 7) is 24.6. The molecule has 0 radical (unpaired) electrons. The van der Waals surface area contributed by atoms with Crippen molar-refractivity contribution in [2.75, 3.05) is 39.6 Å². The molecule has 8 atom stereocenters. The van der Waals surface area contributed by atoms with Crippen LogP contribution < -0.4 is 0 Å². The minimum atomic E-state index is -2.95. The Kier molecular flexibility index (Phi) is 17.0. The first-order valence-corrected chi connectivity index (χ1v) is 35.9. The van der Waals surface area contributed by atoms with E-state index in [0.717, 1.165) is 61.2 Å². The van der Waals surface area contributed by atoms with Gasteiger partial charge in [-0.1, -0.05) is 6.42 Å². The molecule has 8 unspecified atom stereocenters. The molecule has 11 nitrogen and oxygen atoms in total. The van der Waals surface area contributed by atoms with Gasteiger partial charge in [0.1, 0.15) is 0 Å². The van der Waals surface area contributed by atoms with Crippen LogP contribution in [0.15, 0.2) is 0 Å². The lowest BCUT2D eigenvalue weighted by atomic mass is 9.87. The molecular formula is C37H78O11Si6. The second-order valence-corrected chi connectivity index (χ2v) is 37.1. The smallest absolute Gasteiger partial charge is 0.416 e. The van der Waals surface area contributed by atoms with Crippen LogP contribution in [0.4, 0.5) is 0 Å². The van der Waals surface area contributed by atoms with Gasteiger partial charge in [-0.05, 0) is 167 Å². The topological polar surface area (TPSA) is 105 Å². The molecule has 5 rings (SSSR count). The number of hydrogen-bond acceptors (Lipinski definition) is 11. The lowest BCUT2D eigenvalue weighted by Gasteiger charge is -2.51. The molecule has 5 fully saturated rings. The minimum absolute atomic E-state index is 0.451. The number of fused-ring (bicyclic) bond motifs is 2. The largest absolute Gasteiger partial charge is 0.500 e. The predicted molar refractivity (Wildman–Crippen MR) is 225 cm³/mol. The van der Waals surface area contributed by atoms with Crippen LogP contribution in [0.25, 0.3) is 0 Å². The lowest BCUT2D eigenvalue weighted by Crippen LogP contribution is -2.68. The molecule has 0 amide bonds. The van der Waals surface area contributed by atoms with E-state index < -0.39 is 51.9 Å². The van der Waals surface area contributed by atoms with Crippen molar-refractivity contribution < 1.29 is 47.8 Å². The van der Waals surface area contributed by atoms with Crippen LogP contribution in [0.5, 0.6) is 0 Å². The molecule has 2 heterocycles. The third kappa shape index (κ3) is 12.9. The second-order valence-electron chi connectivity index (χ2n) is 17.3. The van der Waals surface area contributed by atoms with Crippen molar-refractivity contribution in [3.05, 3.63) is 0 Å². The molecule has 2 aliphatic heterocycles. The Labute approximate surface area is 335 Å². The van der Waals surface area contributed by atoms with Gasteiger partial charge in [0.25, 0.3) is 0 Å². The van der Waals surface area contributed by atoms with Crippen LogP contribution in [-0.4, -0.2) is 104 Å². The van der Waals surface area contributed by atoms with E-state index in [2.05, 4.69) is 26.2 Å². The first kappa shape index (κ1) is 45.9. The van der Waals surface area contributed by atoms with Crippen LogP contribution in [0.3, 0.4) is 0 Å². The quantitative estimate of drug-likeness (QED) is 0.0685. The van der Waals surface area contributed by atoms with Crippen molar-refractivity contribution in [1.82, 2.24) is 0 Å². The van der Waals surface area contributed by atoms with Gasteiger partial charge in [-0.25, -0.2) is 0 Å². The summed E-state index contributed by atoms with van der Waals surface area (Å²) in [5, 5.41) is 0. The van der Waals surface area contributed by atoms with E-state index in [1.165, 1.54) is 38.5 Å². The maximum atomic E-state index is 7.68. The summed E-state index contributed by atoms with van der Waals surface area (Å²) in [4.78, 5) is 0. The second kappa shape index (κ2) is 19.9. The average molecular weight is 868 g/mol. The first-order chi connectivity index (χ1) is 25.7. The summed E-state index contributed by atoms with van der Waals surface area (Å²) in [5.74, 6) is 3.30. The maximum absolute atomic E-state index is 7.68. The summed E-state index contributed by atoms with van der Waals surface area (Å²) in [6.07, 6.45) is 12.2. The van der Waals surface area contributed by atoms with E-state index in [1.54, 1.807) is 0 Å². The van der Waals surface area contributed by atoms with E-state index in [1.807, 2.05) is 41.5 Å². The van der Waals surface area contributed by atoms with Crippen LogP contribution in [-0.2, 0) is 47.8 Å². The van der Waals surface area contributed by atoms with E-state index in [4.69, 9.17) is 47.8 Å². The Balaban J connectivity index is 1.45. The molecule has 316 valence electrons. The molecule has 17 heteroatoms. The third-order valence-electron chi connectivity index (χ3n) is 12.5. The Bertz CT molecular complexity index is 1030. The van der Waals surface area contributed by atoms with Gasteiger partial charge >= 0.3 is 51.9 Å². The molecule has 3 saturated carbocycles. The normalized spacial score (nSPS) is 38.3. The van der Waals surface area contributed by atoms with Gasteiger partial charge < -0.3 is 47.8 Å². The van der Waals surface area contributed by atoms with E-state index >= 15 is 0 Å². The summed E-state index contributed by atoms with van der Waals surface area (Å²) in [6, 6.07) is 4.62. The van der Waals surface area contributed by atoms with Crippen LogP contribution >= 0.6 is 0 Å². The average Bonchev–Trinajstić information content (AvgIpc) is 4.04. The molecule has 2 saturated heterocycles. The zero-order chi connectivity index (χ0) is 39.1. The Morgan fingerprint density at radius 3 is 1.22 bits per heavy atom. The highest BCUT2D eigenvalue weighted by molar-refractivity contribution is 6.94. The van der Waals surface area contributed by atoms with Crippen molar-refractivity contribution >= 4 is 51.9 Å².